The molecular weight excluding hydrogens is 311 g/mol. The summed E-state index contributed by atoms with van der Waals surface area (Å²) in [5.74, 6) is 1.22. The summed E-state index contributed by atoms with van der Waals surface area (Å²) in [7, 11) is 1.56. The lowest BCUT2D eigenvalue weighted by atomic mass is 9.96. The summed E-state index contributed by atoms with van der Waals surface area (Å²) in [5, 5.41) is 0.929. The first-order chi connectivity index (χ1) is 10.1. The Morgan fingerprint density at radius 3 is 2.67 bits per heavy atom. The Hall–Kier alpha value is -1.71. The molecule has 3 rings (SSSR count). The average Bonchev–Trinajstić information content (AvgIpc) is 2.49. The molecule has 3 nitrogen and oxygen atoms in total. The van der Waals surface area contributed by atoms with E-state index >= 15 is 0 Å². The highest BCUT2D eigenvalue weighted by atomic mass is 35.5. The molecule has 5 heteroatoms. The van der Waals surface area contributed by atoms with Gasteiger partial charge in [0.2, 0.25) is 0 Å². The minimum Gasteiger partial charge on any atom is -0.497 e. The fourth-order valence-corrected chi connectivity index (χ4v) is 2.64. The molecule has 0 aliphatic carbocycles. The SMILES string of the molecule is COc1ccc2c(c1)C(=O)CC(c1ccc(Cl)c(Cl)c1)O2. The fourth-order valence-electron chi connectivity index (χ4n) is 2.33. The van der Waals surface area contributed by atoms with Crippen LogP contribution in [-0.4, -0.2) is 12.9 Å². The van der Waals surface area contributed by atoms with Crippen LogP contribution in [-0.2, 0) is 0 Å². The zero-order chi connectivity index (χ0) is 15.0. The topological polar surface area (TPSA) is 35.5 Å². The van der Waals surface area contributed by atoms with Crippen molar-refractivity contribution in [3.63, 3.8) is 0 Å². The van der Waals surface area contributed by atoms with Crippen molar-refractivity contribution >= 4 is 29.0 Å². The van der Waals surface area contributed by atoms with E-state index in [-0.39, 0.29) is 18.3 Å². The second kappa shape index (κ2) is 5.58. The van der Waals surface area contributed by atoms with Crippen molar-refractivity contribution in [2.75, 3.05) is 7.11 Å². The molecule has 0 bridgehead atoms. The summed E-state index contributed by atoms with van der Waals surface area (Å²) in [6.45, 7) is 0. The van der Waals surface area contributed by atoms with Gasteiger partial charge in [0.05, 0.1) is 29.1 Å². The van der Waals surface area contributed by atoms with Crippen molar-refractivity contribution in [1.29, 1.82) is 0 Å². The second-order valence-electron chi connectivity index (χ2n) is 4.77. The van der Waals surface area contributed by atoms with Crippen LogP contribution in [0.2, 0.25) is 10.0 Å². The highest BCUT2D eigenvalue weighted by Crippen LogP contribution is 2.37. The molecule has 21 heavy (non-hydrogen) atoms. The molecule has 1 aliphatic rings. The maximum absolute atomic E-state index is 12.3. The fraction of sp³-hybridized carbons (Fsp3) is 0.188. The number of methoxy groups -OCH3 is 1. The highest BCUT2D eigenvalue weighted by Gasteiger charge is 2.28. The Labute approximate surface area is 132 Å². The van der Waals surface area contributed by atoms with Crippen LogP contribution in [0, 0.1) is 0 Å². The molecule has 0 N–H and O–H groups in total. The van der Waals surface area contributed by atoms with Gasteiger partial charge in [-0.1, -0.05) is 29.3 Å². The number of halogens is 2. The maximum atomic E-state index is 12.3. The van der Waals surface area contributed by atoms with Crippen molar-refractivity contribution in [3.05, 3.63) is 57.6 Å². The van der Waals surface area contributed by atoms with Gasteiger partial charge in [0.1, 0.15) is 17.6 Å². The lowest BCUT2D eigenvalue weighted by molar-refractivity contribution is 0.0849. The molecule has 0 aromatic heterocycles. The van der Waals surface area contributed by atoms with Gasteiger partial charge in [0.15, 0.2) is 5.78 Å². The normalized spacial score (nSPS) is 17.1. The quantitative estimate of drug-likeness (QED) is 0.803. The Morgan fingerprint density at radius 1 is 1.14 bits per heavy atom. The van der Waals surface area contributed by atoms with Gasteiger partial charge in [-0.25, -0.2) is 0 Å². The largest absolute Gasteiger partial charge is 0.497 e. The Bertz CT molecular complexity index is 713. The van der Waals surface area contributed by atoms with E-state index in [1.54, 1.807) is 37.4 Å². The summed E-state index contributed by atoms with van der Waals surface area (Å²) in [6, 6.07) is 10.5. The Morgan fingerprint density at radius 2 is 1.95 bits per heavy atom. The second-order valence-corrected chi connectivity index (χ2v) is 5.58. The van der Waals surface area contributed by atoms with Crippen LogP contribution < -0.4 is 9.47 Å². The van der Waals surface area contributed by atoms with E-state index in [1.165, 1.54) is 0 Å². The minimum absolute atomic E-state index is 0.0197. The summed E-state index contributed by atoms with van der Waals surface area (Å²) >= 11 is 11.9. The highest BCUT2D eigenvalue weighted by molar-refractivity contribution is 6.42. The zero-order valence-corrected chi connectivity index (χ0v) is 12.7. The first-order valence-corrected chi connectivity index (χ1v) is 7.17. The molecule has 0 radical (unpaired) electrons. The van der Waals surface area contributed by atoms with Crippen molar-refractivity contribution in [2.24, 2.45) is 0 Å². The predicted molar refractivity (Wildman–Crippen MR) is 81.8 cm³/mol. The van der Waals surface area contributed by atoms with Crippen molar-refractivity contribution in [2.45, 2.75) is 12.5 Å². The van der Waals surface area contributed by atoms with E-state index in [0.717, 1.165) is 5.56 Å². The number of hydrogen-bond donors (Lipinski definition) is 0. The van der Waals surface area contributed by atoms with Crippen LogP contribution >= 0.6 is 23.2 Å². The molecule has 0 fully saturated rings. The molecule has 2 aromatic rings. The third-order valence-electron chi connectivity index (χ3n) is 3.44. The van der Waals surface area contributed by atoms with Crippen LogP contribution in [0.1, 0.15) is 28.4 Å². The van der Waals surface area contributed by atoms with Crippen molar-refractivity contribution in [3.8, 4) is 11.5 Å². The van der Waals surface area contributed by atoms with E-state index in [9.17, 15) is 4.79 Å². The first kappa shape index (κ1) is 14.2. The number of ketones is 1. The minimum atomic E-state index is -0.354. The van der Waals surface area contributed by atoms with Gasteiger partial charge in [0, 0.05) is 0 Å². The van der Waals surface area contributed by atoms with Crippen molar-refractivity contribution < 1.29 is 14.3 Å². The van der Waals surface area contributed by atoms with Gasteiger partial charge >= 0.3 is 0 Å². The first-order valence-electron chi connectivity index (χ1n) is 6.41. The van der Waals surface area contributed by atoms with Crippen LogP contribution in [0.4, 0.5) is 0 Å². The summed E-state index contributed by atoms with van der Waals surface area (Å²) in [5.41, 5.74) is 1.38. The van der Waals surface area contributed by atoms with Crippen LogP contribution in [0.3, 0.4) is 0 Å². The van der Waals surface area contributed by atoms with E-state index in [1.807, 2.05) is 6.07 Å². The summed E-state index contributed by atoms with van der Waals surface area (Å²) in [6.07, 6.45) is -0.0915. The van der Waals surface area contributed by atoms with Gasteiger partial charge in [-0.2, -0.15) is 0 Å². The monoisotopic (exact) mass is 322 g/mol. The molecule has 2 aromatic carbocycles. The molecule has 1 aliphatic heterocycles. The number of hydrogen-bond acceptors (Lipinski definition) is 3. The van der Waals surface area contributed by atoms with E-state index in [2.05, 4.69) is 0 Å². The van der Waals surface area contributed by atoms with Gasteiger partial charge in [-0.15, -0.1) is 0 Å². The average molecular weight is 323 g/mol. The van der Waals surface area contributed by atoms with Crippen LogP contribution in [0.5, 0.6) is 11.5 Å². The molecule has 1 atom stereocenters. The summed E-state index contributed by atoms with van der Waals surface area (Å²) in [4.78, 5) is 12.3. The van der Waals surface area contributed by atoms with E-state index in [4.69, 9.17) is 32.7 Å². The number of ether oxygens (including phenoxy) is 2. The molecule has 108 valence electrons. The Balaban J connectivity index is 1.94. The number of carbonyl (C=O) groups excluding carboxylic acids is 1. The van der Waals surface area contributed by atoms with Gasteiger partial charge < -0.3 is 9.47 Å². The molecule has 1 heterocycles. The van der Waals surface area contributed by atoms with E-state index < -0.39 is 0 Å². The smallest absolute Gasteiger partial charge is 0.170 e. The van der Waals surface area contributed by atoms with Gasteiger partial charge in [0.25, 0.3) is 0 Å². The Kier molecular flexibility index (Phi) is 3.79. The zero-order valence-electron chi connectivity index (χ0n) is 11.2. The molecule has 0 spiro atoms. The summed E-state index contributed by atoms with van der Waals surface area (Å²) < 4.78 is 11.0. The number of Topliss-reactive ketones (excluding diaryl/α,β-unsaturated/α-hetero) is 1. The van der Waals surface area contributed by atoms with E-state index in [0.29, 0.717) is 27.1 Å². The van der Waals surface area contributed by atoms with Crippen molar-refractivity contribution in [1.82, 2.24) is 0 Å². The number of rotatable bonds is 2. The molecular formula is C16H12Cl2O3. The lowest BCUT2D eigenvalue weighted by Crippen LogP contribution is -2.20. The molecule has 0 saturated heterocycles. The number of fused-ring (bicyclic) bond motifs is 1. The maximum Gasteiger partial charge on any atom is 0.170 e. The third-order valence-corrected chi connectivity index (χ3v) is 4.18. The number of benzene rings is 2. The van der Waals surface area contributed by atoms with Crippen LogP contribution in [0.15, 0.2) is 36.4 Å². The molecule has 0 saturated carbocycles. The number of carbonyl (C=O) groups is 1. The van der Waals surface area contributed by atoms with Gasteiger partial charge in [-0.3, -0.25) is 4.79 Å². The third kappa shape index (κ3) is 2.71. The van der Waals surface area contributed by atoms with Crippen LogP contribution in [0.25, 0.3) is 0 Å². The lowest BCUT2D eigenvalue weighted by Gasteiger charge is -2.26. The predicted octanol–water partition coefficient (Wildman–Crippen LogP) is 4.71. The standard InChI is InChI=1S/C16H12Cl2O3/c1-20-10-3-5-15-11(7-10)14(19)8-16(21-15)9-2-4-12(17)13(18)6-9/h2-7,16H,8H2,1H3. The molecule has 1 unspecified atom stereocenters. The van der Waals surface area contributed by atoms with Gasteiger partial charge in [-0.05, 0) is 35.9 Å². The molecule has 0 amide bonds.